The number of imidazole rings is 1. The van der Waals surface area contributed by atoms with Crippen LogP contribution in [-0.2, 0) is 6.42 Å². The molecule has 0 atom stereocenters. The van der Waals surface area contributed by atoms with Gasteiger partial charge in [0.2, 0.25) is 0 Å². The maximum atomic E-state index is 10.2. The molecule has 0 saturated carbocycles. The highest BCUT2D eigenvalue weighted by Gasteiger charge is 2.27. The lowest BCUT2D eigenvalue weighted by atomic mass is 9.93. The van der Waals surface area contributed by atoms with Crippen molar-refractivity contribution >= 4 is 28.9 Å². The Morgan fingerprint density at radius 3 is 2.70 bits per heavy atom. The summed E-state index contributed by atoms with van der Waals surface area (Å²) >= 11 is 0. The van der Waals surface area contributed by atoms with Crippen molar-refractivity contribution in [1.82, 2.24) is 14.4 Å². The van der Waals surface area contributed by atoms with Gasteiger partial charge in [0.15, 0.2) is 11.5 Å². The van der Waals surface area contributed by atoms with Gasteiger partial charge in [0.05, 0.1) is 11.3 Å². The highest BCUT2D eigenvalue weighted by atomic mass is 16.3. The van der Waals surface area contributed by atoms with E-state index < -0.39 is 5.60 Å². The van der Waals surface area contributed by atoms with Crippen molar-refractivity contribution in [3.05, 3.63) is 78.3 Å². The van der Waals surface area contributed by atoms with Crippen LogP contribution in [0.15, 0.2) is 67.1 Å². The molecule has 1 fully saturated rings. The fourth-order valence-electron chi connectivity index (χ4n) is 4.71. The predicted octanol–water partition coefficient (Wildman–Crippen LogP) is 5.06. The first-order valence-electron chi connectivity index (χ1n) is 11.5. The van der Waals surface area contributed by atoms with Gasteiger partial charge in [-0.05, 0) is 67.6 Å². The van der Waals surface area contributed by atoms with Gasteiger partial charge in [-0.1, -0.05) is 24.3 Å². The summed E-state index contributed by atoms with van der Waals surface area (Å²) in [6, 6.07) is 14.9. The SMILES string of the molecule is CC1(O)CCN(c2ccc(Nc3nc(-c4ccc5c(c4)CC=C5)cn4ccnc34)cc2)CC1. The number of fused-ring (bicyclic) bond motifs is 2. The van der Waals surface area contributed by atoms with Gasteiger partial charge in [0, 0.05) is 48.6 Å². The van der Waals surface area contributed by atoms with Crippen LogP contribution in [0.25, 0.3) is 23.0 Å². The Labute approximate surface area is 193 Å². The highest BCUT2D eigenvalue weighted by molar-refractivity contribution is 5.75. The van der Waals surface area contributed by atoms with Crippen LogP contribution in [0.1, 0.15) is 30.9 Å². The molecule has 0 spiro atoms. The van der Waals surface area contributed by atoms with Crippen molar-refractivity contribution in [2.75, 3.05) is 23.3 Å². The third kappa shape index (κ3) is 3.87. The molecule has 4 aromatic rings. The zero-order valence-corrected chi connectivity index (χ0v) is 18.7. The Kier molecular flexibility index (Phi) is 4.69. The topological polar surface area (TPSA) is 65.7 Å². The molecule has 2 aromatic carbocycles. The van der Waals surface area contributed by atoms with Gasteiger partial charge in [0.1, 0.15) is 0 Å². The standard InChI is InChI=1S/C27H27N5O/c1-27(33)11-14-31(15-12-27)23-9-7-22(8-10-23)29-25-26-28-13-16-32(26)18-24(30-25)21-6-5-19-3-2-4-20(19)17-21/h2-3,5-10,13,16-18,33H,4,11-12,14-15H2,1H3,(H,29,30). The van der Waals surface area contributed by atoms with Crippen LogP contribution >= 0.6 is 0 Å². The predicted molar refractivity (Wildman–Crippen MR) is 133 cm³/mol. The molecule has 2 aromatic heterocycles. The van der Waals surface area contributed by atoms with Crippen LogP contribution in [0.3, 0.4) is 0 Å². The second kappa shape index (κ2) is 7.74. The third-order valence-corrected chi connectivity index (χ3v) is 6.78. The molecule has 0 unspecified atom stereocenters. The fourth-order valence-corrected chi connectivity index (χ4v) is 4.71. The minimum Gasteiger partial charge on any atom is -0.390 e. The summed E-state index contributed by atoms with van der Waals surface area (Å²) in [6.07, 6.45) is 12.7. The van der Waals surface area contributed by atoms with Gasteiger partial charge < -0.3 is 19.7 Å². The van der Waals surface area contributed by atoms with Crippen LogP contribution in [0, 0.1) is 0 Å². The molecule has 33 heavy (non-hydrogen) atoms. The summed E-state index contributed by atoms with van der Waals surface area (Å²) in [5.41, 5.74) is 7.04. The van der Waals surface area contributed by atoms with Gasteiger partial charge in [-0.2, -0.15) is 0 Å². The van der Waals surface area contributed by atoms with E-state index in [2.05, 4.69) is 69.8 Å². The average molecular weight is 438 g/mol. The quantitative estimate of drug-likeness (QED) is 0.467. The number of aromatic nitrogens is 3. The van der Waals surface area contributed by atoms with Gasteiger partial charge in [-0.3, -0.25) is 0 Å². The molecule has 0 bridgehead atoms. The molecule has 1 aliphatic carbocycles. The monoisotopic (exact) mass is 437 g/mol. The number of hydrogen-bond donors (Lipinski definition) is 2. The number of benzene rings is 2. The molecule has 2 aliphatic rings. The maximum absolute atomic E-state index is 10.2. The van der Waals surface area contributed by atoms with Crippen molar-refractivity contribution in [1.29, 1.82) is 0 Å². The lowest BCUT2D eigenvalue weighted by Gasteiger charge is -2.37. The van der Waals surface area contributed by atoms with E-state index in [0.29, 0.717) is 0 Å². The molecule has 1 aliphatic heterocycles. The summed E-state index contributed by atoms with van der Waals surface area (Å²) < 4.78 is 2.02. The largest absolute Gasteiger partial charge is 0.390 e. The van der Waals surface area contributed by atoms with E-state index in [1.807, 2.05) is 23.7 Å². The van der Waals surface area contributed by atoms with Gasteiger partial charge in [0.25, 0.3) is 0 Å². The number of piperidine rings is 1. The number of nitrogens with one attached hydrogen (secondary N) is 1. The Hall–Kier alpha value is -3.64. The number of allylic oxidation sites excluding steroid dienone is 1. The Morgan fingerprint density at radius 2 is 1.88 bits per heavy atom. The van der Waals surface area contributed by atoms with E-state index >= 15 is 0 Å². The van der Waals surface area contributed by atoms with E-state index in [-0.39, 0.29) is 0 Å². The molecule has 6 rings (SSSR count). The zero-order valence-electron chi connectivity index (χ0n) is 18.7. The molecule has 6 heteroatoms. The molecular formula is C27H27N5O. The van der Waals surface area contributed by atoms with E-state index in [1.165, 1.54) is 16.8 Å². The van der Waals surface area contributed by atoms with Crippen molar-refractivity contribution in [2.45, 2.75) is 31.8 Å². The lowest BCUT2D eigenvalue weighted by molar-refractivity contribution is 0.0351. The Morgan fingerprint density at radius 1 is 1.06 bits per heavy atom. The molecule has 6 nitrogen and oxygen atoms in total. The summed E-state index contributed by atoms with van der Waals surface area (Å²) in [7, 11) is 0. The van der Waals surface area contributed by atoms with Crippen LogP contribution in [0.2, 0.25) is 0 Å². The number of nitrogens with zero attached hydrogens (tertiary/aromatic N) is 4. The molecule has 0 radical (unpaired) electrons. The molecule has 3 heterocycles. The smallest absolute Gasteiger partial charge is 0.180 e. The second-order valence-corrected chi connectivity index (χ2v) is 9.31. The van der Waals surface area contributed by atoms with Crippen LogP contribution in [0.5, 0.6) is 0 Å². The zero-order chi connectivity index (χ0) is 22.4. The summed E-state index contributed by atoms with van der Waals surface area (Å²) in [6.45, 7) is 3.66. The number of hydrogen-bond acceptors (Lipinski definition) is 5. The molecule has 1 saturated heterocycles. The second-order valence-electron chi connectivity index (χ2n) is 9.31. The summed E-state index contributed by atoms with van der Waals surface area (Å²) in [5.74, 6) is 0.734. The highest BCUT2D eigenvalue weighted by Crippen LogP contribution is 2.30. The van der Waals surface area contributed by atoms with E-state index in [9.17, 15) is 5.11 Å². The first-order chi connectivity index (χ1) is 16.0. The average Bonchev–Trinajstić information content (AvgIpc) is 3.48. The van der Waals surface area contributed by atoms with Crippen molar-refractivity contribution in [2.24, 2.45) is 0 Å². The van der Waals surface area contributed by atoms with Crippen LogP contribution < -0.4 is 10.2 Å². The number of aliphatic hydroxyl groups is 1. The lowest BCUT2D eigenvalue weighted by Crippen LogP contribution is -2.42. The van der Waals surface area contributed by atoms with Crippen molar-refractivity contribution in [3.63, 3.8) is 0 Å². The fraction of sp³-hybridized carbons (Fsp3) is 0.259. The van der Waals surface area contributed by atoms with Crippen LogP contribution in [-0.4, -0.2) is 38.2 Å². The van der Waals surface area contributed by atoms with E-state index in [1.54, 1.807) is 6.20 Å². The normalized spacial score (nSPS) is 16.8. The number of rotatable bonds is 4. The van der Waals surface area contributed by atoms with Crippen molar-refractivity contribution in [3.8, 4) is 11.3 Å². The first kappa shape index (κ1) is 20.0. The van der Waals surface area contributed by atoms with Gasteiger partial charge in [-0.25, -0.2) is 9.97 Å². The van der Waals surface area contributed by atoms with Crippen molar-refractivity contribution < 1.29 is 5.11 Å². The van der Waals surface area contributed by atoms with E-state index in [0.717, 1.165) is 60.8 Å². The summed E-state index contributed by atoms with van der Waals surface area (Å²) in [4.78, 5) is 11.8. The van der Waals surface area contributed by atoms with Gasteiger partial charge in [-0.15, -0.1) is 0 Å². The molecular weight excluding hydrogens is 410 g/mol. The molecule has 166 valence electrons. The third-order valence-electron chi connectivity index (χ3n) is 6.78. The minimum atomic E-state index is -0.542. The Balaban J connectivity index is 1.27. The van der Waals surface area contributed by atoms with Crippen LogP contribution in [0.4, 0.5) is 17.2 Å². The van der Waals surface area contributed by atoms with Gasteiger partial charge >= 0.3 is 0 Å². The minimum absolute atomic E-state index is 0.542. The summed E-state index contributed by atoms with van der Waals surface area (Å²) in [5, 5.41) is 13.7. The Bertz CT molecular complexity index is 1340. The maximum Gasteiger partial charge on any atom is 0.180 e. The number of anilines is 3. The molecule has 0 amide bonds. The molecule has 2 N–H and O–H groups in total. The first-order valence-corrected chi connectivity index (χ1v) is 11.5. The van der Waals surface area contributed by atoms with E-state index in [4.69, 9.17) is 4.98 Å².